The number of rotatable bonds is 5. The standard InChI is InChI=1S/C61H39N/c1-2-17-40(18-3-1)44-19-11-15-32-59(44)62(42-35-33-41(34-36-42)45-27-16-28-54-48-21-5-4-20-46(48)47-22-6-7-26-53(47)60(45)54)43-37-38-52-51-25-10-14-31-57(51)61(58(52)39-43)55-29-12-8-23-49(55)50-24-9-13-30-56(50)61/h1-39H. The molecule has 0 N–H and O–H groups in total. The number of benzene rings is 11. The molecule has 2 aliphatic carbocycles. The molecule has 0 bridgehead atoms. The van der Waals surface area contributed by atoms with Gasteiger partial charge in [-0.1, -0.05) is 206 Å². The molecule has 0 aromatic heterocycles. The van der Waals surface area contributed by atoms with E-state index in [1.165, 1.54) is 99.1 Å². The van der Waals surface area contributed by atoms with Gasteiger partial charge in [-0.15, -0.1) is 0 Å². The van der Waals surface area contributed by atoms with Crippen molar-refractivity contribution < 1.29 is 0 Å². The summed E-state index contributed by atoms with van der Waals surface area (Å²) in [6.45, 7) is 0. The van der Waals surface area contributed by atoms with E-state index in [-0.39, 0.29) is 0 Å². The van der Waals surface area contributed by atoms with Crippen molar-refractivity contribution in [3.8, 4) is 44.5 Å². The van der Waals surface area contributed by atoms with Gasteiger partial charge in [0.25, 0.3) is 0 Å². The first-order valence-corrected chi connectivity index (χ1v) is 21.6. The Morgan fingerprint density at radius 3 is 1.29 bits per heavy atom. The molecule has 2 aliphatic rings. The molecule has 62 heavy (non-hydrogen) atoms. The summed E-state index contributed by atoms with van der Waals surface area (Å²) in [7, 11) is 0. The Hall–Kier alpha value is -8.00. The maximum absolute atomic E-state index is 2.49. The maximum Gasteiger partial charge on any atom is 0.0726 e. The van der Waals surface area contributed by atoms with Crippen molar-refractivity contribution in [1.82, 2.24) is 0 Å². The molecule has 0 unspecified atom stereocenters. The molecular weight excluding hydrogens is 747 g/mol. The Bertz CT molecular complexity index is 3470. The Morgan fingerprint density at radius 2 is 0.677 bits per heavy atom. The van der Waals surface area contributed by atoms with Crippen molar-refractivity contribution in [3.05, 3.63) is 259 Å². The van der Waals surface area contributed by atoms with E-state index in [4.69, 9.17) is 0 Å². The summed E-state index contributed by atoms with van der Waals surface area (Å²) in [6, 6.07) is 87.8. The van der Waals surface area contributed by atoms with Crippen LogP contribution >= 0.6 is 0 Å². The largest absolute Gasteiger partial charge is 0.310 e. The van der Waals surface area contributed by atoms with Gasteiger partial charge in [0, 0.05) is 16.9 Å². The predicted octanol–water partition coefficient (Wildman–Crippen LogP) is 16.3. The molecule has 0 saturated carbocycles. The van der Waals surface area contributed by atoms with Crippen LogP contribution in [0.1, 0.15) is 22.3 Å². The molecule has 0 atom stereocenters. The van der Waals surface area contributed by atoms with Gasteiger partial charge in [0.15, 0.2) is 0 Å². The van der Waals surface area contributed by atoms with E-state index in [0.29, 0.717) is 0 Å². The molecule has 1 heteroatoms. The highest BCUT2D eigenvalue weighted by atomic mass is 15.1. The van der Waals surface area contributed by atoms with Gasteiger partial charge in [0.1, 0.15) is 0 Å². The average Bonchev–Trinajstić information content (AvgIpc) is 3.82. The molecule has 11 aromatic carbocycles. The van der Waals surface area contributed by atoms with Crippen LogP contribution in [0.4, 0.5) is 17.1 Å². The molecule has 0 saturated heterocycles. The first-order chi connectivity index (χ1) is 30.8. The van der Waals surface area contributed by atoms with Crippen molar-refractivity contribution in [2.24, 2.45) is 0 Å². The zero-order valence-corrected chi connectivity index (χ0v) is 34.0. The van der Waals surface area contributed by atoms with Crippen molar-refractivity contribution in [1.29, 1.82) is 0 Å². The fourth-order valence-corrected chi connectivity index (χ4v) is 11.2. The van der Waals surface area contributed by atoms with E-state index in [9.17, 15) is 0 Å². The summed E-state index contributed by atoms with van der Waals surface area (Å²) >= 11 is 0. The summed E-state index contributed by atoms with van der Waals surface area (Å²) in [5.74, 6) is 0. The number of hydrogen-bond donors (Lipinski definition) is 0. The first-order valence-electron chi connectivity index (χ1n) is 21.6. The van der Waals surface area contributed by atoms with E-state index in [0.717, 1.165) is 17.1 Å². The lowest BCUT2D eigenvalue weighted by Gasteiger charge is -2.32. The third kappa shape index (κ3) is 4.85. The summed E-state index contributed by atoms with van der Waals surface area (Å²) in [4.78, 5) is 2.47. The van der Waals surface area contributed by atoms with Gasteiger partial charge < -0.3 is 4.90 Å². The van der Waals surface area contributed by atoms with Gasteiger partial charge in [-0.3, -0.25) is 0 Å². The van der Waals surface area contributed by atoms with Gasteiger partial charge in [-0.25, -0.2) is 0 Å². The molecular formula is C61H39N. The Balaban J connectivity index is 1.04. The van der Waals surface area contributed by atoms with Crippen LogP contribution in [0.3, 0.4) is 0 Å². The molecule has 0 fully saturated rings. The van der Waals surface area contributed by atoms with Crippen LogP contribution in [0.15, 0.2) is 237 Å². The van der Waals surface area contributed by atoms with Crippen molar-refractivity contribution >= 4 is 49.4 Å². The van der Waals surface area contributed by atoms with Crippen LogP contribution in [-0.2, 0) is 5.41 Å². The predicted molar refractivity (Wildman–Crippen MR) is 261 cm³/mol. The quantitative estimate of drug-likeness (QED) is 0.157. The Morgan fingerprint density at radius 1 is 0.258 bits per heavy atom. The third-order valence-electron chi connectivity index (χ3n) is 13.7. The number of nitrogens with zero attached hydrogens (tertiary/aromatic N) is 1. The monoisotopic (exact) mass is 785 g/mol. The smallest absolute Gasteiger partial charge is 0.0726 e. The second kappa shape index (κ2) is 13.5. The highest BCUT2D eigenvalue weighted by molar-refractivity contribution is 6.28. The fraction of sp³-hybridized carbons (Fsp3) is 0.0164. The lowest BCUT2D eigenvalue weighted by atomic mass is 9.70. The third-order valence-corrected chi connectivity index (χ3v) is 13.7. The van der Waals surface area contributed by atoms with Crippen LogP contribution < -0.4 is 4.90 Å². The lowest BCUT2D eigenvalue weighted by Crippen LogP contribution is -2.26. The average molecular weight is 786 g/mol. The van der Waals surface area contributed by atoms with Crippen molar-refractivity contribution in [3.63, 3.8) is 0 Å². The van der Waals surface area contributed by atoms with Crippen LogP contribution in [0.5, 0.6) is 0 Å². The molecule has 13 rings (SSSR count). The highest BCUT2D eigenvalue weighted by Gasteiger charge is 2.51. The van der Waals surface area contributed by atoms with E-state index < -0.39 is 5.41 Å². The fourth-order valence-electron chi connectivity index (χ4n) is 11.2. The van der Waals surface area contributed by atoms with Gasteiger partial charge >= 0.3 is 0 Å². The molecule has 0 heterocycles. The molecule has 0 radical (unpaired) electrons. The second-order valence-electron chi connectivity index (χ2n) is 16.7. The minimum atomic E-state index is -0.440. The normalized spacial score (nSPS) is 13.0. The van der Waals surface area contributed by atoms with Gasteiger partial charge in [0.2, 0.25) is 0 Å². The number of hydrogen-bond acceptors (Lipinski definition) is 1. The summed E-state index contributed by atoms with van der Waals surface area (Å²) < 4.78 is 0. The number of para-hydroxylation sites is 1. The molecule has 11 aromatic rings. The topological polar surface area (TPSA) is 3.24 Å². The lowest BCUT2D eigenvalue weighted by molar-refractivity contribution is 0.793. The number of anilines is 3. The summed E-state index contributed by atoms with van der Waals surface area (Å²) in [5.41, 5.74) is 18.3. The van der Waals surface area contributed by atoms with Gasteiger partial charge in [0.05, 0.1) is 11.1 Å². The van der Waals surface area contributed by atoms with Crippen molar-refractivity contribution in [2.75, 3.05) is 4.90 Å². The second-order valence-corrected chi connectivity index (χ2v) is 16.7. The van der Waals surface area contributed by atoms with Crippen LogP contribution in [0.25, 0.3) is 76.8 Å². The molecule has 1 nitrogen and oxygen atoms in total. The zero-order valence-electron chi connectivity index (χ0n) is 34.0. The number of fused-ring (bicyclic) bond motifs is 16. The van der Waals surface area contributed by atoms with E-state index in [1.807, 2.05) is 0 Å². The molecule has 0 aliphatic heterocycles. The maximum atomic E-state index is 2.49. The summed E-state index contributed by atoms with van der Waals surface area (Å²) in [6.07, 6.45) is 0. The van der Waals surface area contributed by atoms with Gasteiger partial charge in [-0.05, 0) is 124 Å². The minimum absolute atomic E-state index is 0.440. The molecule has 1 spiro atoms. The summed E-state index contributed by atoms with van der Waals surface area (Å²) in [5, 5.41) is 7.71. The van der Waals surface area contributed by atoms with Crippen LogP contribution in [0.2, 0.25) is 0 Å². The highest BCUT2D eigenvalue weighted by Crippen LogP contribution is 2.63. The molecule has 288 valence electrons. The van der Waals surface area contributed by atoms with Crippen molar-refractivity contribution in [2.45, 2.75) is 5.41 Å². The van der Waals surface area contributed by atoms with Gasteiger partial charge in [-0.2, -0.15) is 0 Å². The van der Waals surface area contributed by atoms with E-state index >= 15 is 0 Å². The van der Waals surface area contributed by atoms with E-state index in [2.05, 4.69) is 241 Å². The van der Waals surface area contributed by atoms with Crippen LogP contribution in [-0.4, -0.2) is 0 Å². The first kappa shape index (κ1) is 34.8. The minimum Gasteiger partial charge on any atom is -0.310 e. The van der Waals surface area contributed by atoms with E-state index in [1.54, 1.807) is 0 Å². The Kier molecular flexibility index (Phi) is 7.59. The van der Waals surface area contributed by atoms with Crippen LogP contribution in [0, 0.1) is 0 Å². The SMILES string of the molecule is c1ccc(-c2ccccc2N(c2ccc(-c3cccc4c5ccccc5c5ccccc5c34)cc2)c2ccc3c(c2)C2(c4ccccc4-c4ccccc42)c2ccccc2-3)cc1. The zero-order chi connectivity index (χ0) is 40.8. The molecule has 0 amide bonds. The Labute approximate surface area is 361 Å².